The molecule has 9 nitrogen and oxygen atoms in total. The molecule has 1 fully saturated rings. The molecule has 1 saturated carbocycles. The van der Waals surface area contributed by atoms with Crippen molar-refractivity contribution in [2.45, 2.75) is 49.1 Å². The van der Waals surface area contributed by atoms with Crippen LogP contribution in [0.15, 0.2) is 30.3 Å². The lowest BCUT2D eigenvalue weighted by Gasteiger charge is -2.40. The third-order valence-corrected chi connectivity index (χ3v) is 8.17. The summed E-state index contributed by atoms with van der Waals surface area (Å²) in [6.07, 6.45) is -3.94. The fourth-order valence-corrected chi connectivity index (χ4v) is 5.57. The van der Waals surface area contributed by atoms with Gasteiger partial charge in [0.2, 0.25) is 0 Å². The zero-order valence-corrected chi connectivity index (χ0v) is 15.0. The Hall–Kier alpha value is -0.600. The first-order chi connectivity index (χ1) is 11.5. The van der Waals surface area contributed by atoms with Gasteiger partial charge >= 0.3 is 15.2 Å². The molecule has 0 bridgehead atoms. The predicted molar refractivity (Wildman–Crippen MR) is 87.7 cm³/mol. The van der Waals surface area contributed by atoms with Gasteiger partial charge < -0.3 is 34.5 Å². The molecule has 1 aromatic rings. The van der Waals surface area contributed by atoms with E-state index in [1.165, 1.54) is 12.1 Å². The summed E-state index contributed by atoms with van der Waals surface area (Å²) in [5.74, 6) is 0. The zero-order chi connectivity index (χ0) is 18.9. The smallest absolute Gasteiger partial charge is 0.370 e. The lowest BCUT2D eigenvalue weighted by atomic mass is 9.92. The lowest BCUT2D eigenvalue weighted by Crippen LogP contribution is -2.46. The average molecular weight is 396 g/mol. The van der Waals surface area contributed by atoms with Crippen LogP contribution in [0.3, 0.4) is 0 Å². The molecule has 6 N–H and O–H groups in total. The van der Waals surface area contributed by atoms with Gasteiger partial charge in [-0.25, -0.2) is 0 Å². The van der Waals surface area contributed by atoms with Crippen molar-refractivity contribution in [3.63, 3.8) is 0 Å². The number of ether oxygens (including phenoxy) is 1. The first-order valence-corrected chi connectivity index (χ1v) is 10.9. The summed E-state index contributed by atoms with van der Waals surface area (Å²) in [7, 11) is -10.9. The highest BCUT2D eigenvalue weighted by Gasteiger charge is 2.63. The summed E-state index contributed by atoms with van der Waals surface area (Å²) in [6, 6.07) is 7.69. The van der Waals surface area contributed by atoms with E-state index in [9.17, 15) is 38.9 Å². The molecule has 0 saturated heterocycles. The molecular weight excluding hydrogens is 374 g/mol. The van der Waals surface area contributed by atoms with Crippen molar-refractivity contribution in [2.24, 2.45) is 0 Å². The number of aliphatic hydroxyl groups excluding tert-OH is 2. The Bertz CT molecular complexity index is 646. The molecule has 25 heavy (non-hydrogen) atoms. The first kappa shape index (κ1) is 20.7. The van der Waals surface area contributed by atoms with Crippen molar-refractivity contribution in [1.82, 2.24) is 0 Å². The van der Waals surface area contributed by atoms with E-state index in [2.05, 4.69) is 0 Å². The molecule has 142 valence electrons. The summed E-state index contributed by atoms with van der Waals surface area (Å²) in [5, 5.41) is 16.4. The Balaban J connectivity index is 2.44. The van der Waals surface area contributed by atoms with E-state index in [-0.39, 0.29) is 24.8 Å². The minimum absolute atomic E-state index is 0.0128. The molecule has 0 spiro atoms. The van der Waals surface area contributed by atoms with Crippen molar-refractivity contribution < 1.29 is 43.7 Å². The number of rotatable bonds is 6. The molecule has 0 unspecified atom stereocenters. The van der Waals surface area contributed by atoms with Crippen molar-refractivity contribution in [3.05, 3.63) is 35.9 Å². The molecule has 2 rings (SSSR count). The van der Waals surface area contributed by atoms with E-state index >= 15 is 0 Å². The monoisotopic (exact) mass is 396 g/mol. The van der Waals surface area contributed by atoms with Crippen LogP contribution in [0.5, 0.6) is 0 Å². The molecule has 0 amide bonds. The molecule has 1 aromatic carbocycles. The van der Waals surface area contributed by atoms with Gasteiger partial charge in [0.05, 0.1) is 18.3 Å². The lowest BCUT2D eigenvalue weighted by molar-refractivity contribution is -0.115. The van der Waals surface area contributed by atoms with Crippen LogP contribution in [0.25, 0.3) is 0 Å². The maximum Gasteiger partial charge on any atom is 0.370 e. The van der Waals surface area contributed by atoms with Crippen LogP contribution < -0.4 is 0 Å². The zero-order valence-electron chi connectivity index (χ0n) is 13.2. The SMILES string of the molecule is O=P(O)(O)C(Cc1ccccc1)(O[C@@H]1CC[C@@H](O)C[C@@H]1O)P(=O)(O)O. The standard InChI is InChI=1S/C14H22O9P2/c15-11-6-7-13(12(16)8-11)23-14(24(17,18)19,25(20,21)22)9-10-4-2-1-3-5-10/h1-5,11-13,15-16H,6-9H2,(H2,17,18,19)(H2,20,21,22)/t11-,12+,13-/m1/s1. The van der Waals surface area contributed by atoms with Crippen molar-refractivity contribution >= 4 is 15.2 Å². The first-order valence-electron chi connectivity index (χ1n) is 7.65. The van der Waals surface area contributed by atoms with Gasteiger partial charge in [0.25, 0.3) is 5.08 Å². The molecule has 1 aliphatic rings. The van der Waals surface area contributed by atoms with Gasteiger partial charge in [-0.05, 0) is 18.4 Å². The quantitative estimate of drug-likeness (QED) is 0.376. The van der Waals surface area contributed by atoms with Gasteiger partial charge in [0.1, 0.15) is 0 Å². The summed E-state index contributed by atoms with van der Waals surface area (Å²) in [6.45, 7) is 0. The normalized spacial score (nSPS) is 25.8. The second-order valence-electron chi connectivity index (χ2n) is 6.18. The van der Waals surface area contributed by atoms with E-state index in [1.54, 1.807) is 18.2 Å². The largest absolute Gasteiger partial charge is 0.393 e. The highest BCUT2D eigenvalue weighted by Crippen LogP contribution is 2.71. The molecule has 0 aromatic heterocycles. The highest BCUT2D eigenvalue weighted by atomic mass is 31.2. The Morgan fingerprint density at radius 2 is 1.56 bits per heavy atom. The molecule has 0 radical (unpaired) electrons. The topological polar surface area (TPSA) is 165 Å². The number of aliphatic hydroxyl groups is 2. The van der Waals surface area contributed by atoms with Crippen molar-refractivity contribution in [2.75, 3.05) is 0 Å². The van der Waals surface area contributed by atoms with Crippen molar-refractivity contribution in [3.8, 4) is 0 Å². The predicted octanol–water partition coefficient (Wildman–Crippen LogP) is 0.529. The molecule has 1 aliphatic carbocycles. The maximum atomic E-state index is 12.1. The molecule has 3 atom stereocenters. The molecule has 11 heteroatoms. The van der Waals surface area contributed by atoms with E-state index in [0.29, 0.717) is 0 Å². The van der Waals surface area contributed by atoms with E-state index in [4.69, 9.17) is 4.74 Å². The summed E-state index contributed by atoms with van der Waals surface area (Å²) < 4.78 is 29.5. The summed E-state index contributed by atoms with van der Waals surface area (Å²) >= 11 is 0. The number of hydrogen-bond acceptors (Lipinski definition) is 5. The van der Waals surface area contributed by atoms with Crippen LogP contribution in [0, 0.1) is 0 Å². The van der Waals surface area contributed by atoms with Crippen LogP contribution in [0.4, 0.5) is 0 Å². The van der Waals surface area contributed by atoms with Gasteiger partial charge in [-0.2, -0.15) is 0 Å². The minimum Gasteiger partial charge on any atom is -0.393 e. The van der Waals surface area contributed by atoms with Crippen LogP contribution in [-0.4, -0.2) is 53.2 Å². The molecular formula is C14H22O9P2. The van der Waals surface area contributed by atoms with Gasteiger partial charge in [-0.3, -0.25) is 9.13 Å². The summed E-state index contributed by atoms with van der Waals surface area (Å²) in [4.78, 5) is 39.0. The number of hydrogen-bond donors (Lipinski definition) is 6. The van der Waals surface area contributed by atoms with Gasteiger partial charge in [-0.15, -0.1) is 0 Å². The second kappa shape index (κ2) is 7.56. The van der Waals surface area contributed by atoms with Crippen molar-refractivity contribution in [1.29, 1.82) is 0 Å². The van der Waals surface area contributed by atoms with Crippen LogP contribution >= 0.6 is 15.2 Å². The van der Waals surface area contributed by atoms with Crippen LogP contribution in [0.2, 0.25) is 0 Å². The Kier molecular flexibility index (Phi) is 6.27. The Labute approximate surface area is 144 Å². The summed E-state index contributed by atoms with van der Waals surface area (Å²) in [5.41, 5.74) is 0.263. The van der Waals surface area contributed by atoms with E-state index in [0.717, 1.165) is 0 Å². The van der Waals surface area contributed by atoms with Crippen LogP contribution in [0.1, 0.15) is 24.8 Å². The fraction of sp³-hybridized carbons (Fsp3) is 0.571. The Morgan fingerprint density at radius 1 is 1.00 bits per heavy atom. The van der Waals surface area contributed by atoms with Crippen LogP contribution in [-0.2, 0) is 20.3 Å². The van der Waals surface area contributed by atoms with E-state index in [1.807, 2.05) is 0 Å². The highest BCUT2D eigenvalue weighted by molar-refractivity contribution is 7.72. The van der Waals surface area contributed by atoms with Gasteiger partial charge in [0.15, 0.2) is 0 Å². The maximum absolute atomic E-state index is 12.1. The van der Waals surface area contributed by atoms with E-state index < -0.39 is 45.0 Å². The Morgan fingerprint density at radius 3 is 2.04 bits per heavy atom. The third kappa shape index (κ3) is 4.57. The molecule has 0 aliphatic heterocycles. The fourth-order valence-electron chi connectivity index (χ4n) is 2.89. The van der Waals surface area contributed by atoms with Gasteiger partial charge in [0, 0.05) is 12.8 Å². The second-order valence-corrected chi connectivity index (χ2v) is 10.2. The molecule has 0 heterocycles. The minimum atomic E-state index is -5.46. The van der Waals surface area contributed by atoms with Gasteiger partial charge in [-0.1, -0.05) is 30.3 Å². The average Bonchev–Trinajstić information content (AvgIpc) is 2.47. The number of benzene rings is 1. The third-order valence-electron chi connectivity index (χ3n) is 4.25.